The number of methoxy groups -OCH3 is 1. The van der Waals surface area contributed by atoms with Gasteiger partial charge in [-0.15, -0.1) is 0 Å². The van der Waals surface area contributed by atoms with Crippen LogP contribution in [-0.2, 0) is 9.53 Å². The highest BCUT2D eigenvalue weighted by Crippen LogP contribution is 2.36. The first-order chi connectivity index (χ1) is 11.6. The molecule has 1 N–H and O–H groups in total. The molecule has 0 unspecified atom stereocenters. The summed E-state index contributed by atoms with van der Waals surface area (Å²) >= 11 is 1.31. The van der Waals surface area contributed by atoms with E-state index in [-0.39, 0.29) is 29.3 Å². The molecule has 1 aromatic carbocycles. The Bertz CT molecular complexity index is 801. The van der Waals surface area contributed by atoms with Gasteiger partial charge in [0.05, 0.1) is 23.3 Å². The zero-order valence-corrected chi connectivity index (χ0v) is 14.6. The number of thioether (sulfide) groups is 1. The summed E-state index contributed by atoms with van der Waals surface area (Å²) in [6.45, 7) is 2.36. The fourth-order valence-electron chi connectivity index (χ4n) is 2.62. The van der Waals surface area contributed by atoms with E-state index >= 15 is 0 Å². The molecular formula is C17H21N3O3S. The monoisotopic (exact) mass is 347 g/mol. The molecular weight excluding hydrogens is 326 g/mol. The van der Waals surface area contributed by atoms with Crippen LogP contribution in [0.5, 0.6) is 0 Å². The average molecular weight is 347 g/mol. The predicted octanol–water partition coefficient (Wildman–Crippen LogP) is 1.97. The first-order valence-electron chi connectivity index (χ1n) is 8.02. The van der Waals surface area contributed by atoms with Gasteiger partial charge in [-0.25, -0.2) is 4.98 Å². The number of carbonyl (C=O) groups excluding carboxylic acids is 1. The standard InChI is InChI=1S/C17H21N3O3S/c1-11(9-23-2)18-15(21)10-24-17-19-14-6-4-3-5-13(14)16(22)20(17)12-7-8-12/h3-6,11-12H,7-10H2,1-2H3,(H,18,21)/t11-/m0/s1. The van der Waals surface area contributed by atoms with Gasteiger partial charge in [0.25, 0.3) is 5.56 Å². The van der Waals surface area contributed by atoms with Gasteiger partial charge in [-0.3, -0.25) is 14.2 Å². The Morgan fingerprint density at radius 1 is 1.46 bits per heavy atom. The highest BCUT2D eigenvalue weighted by Gasteiger charge is 2.28. The van der Waals surface area contributed by atoms with Gasteiger partial charge in [-0.1, -0.05) is 23.9 Å². The quantitative estimate of drug-likeness (QED) is 0.612. The fraction of sp³-hybridized carbons (Fsp3) is 0.471. The van der Waals surface area contributed by atoms with E-state index in [0.717, 1.165) is 12.8 Å². The number of ether oxygens (including phenoxy) is 1. The van der Waals surface area contributed by atoms with Crippen molar-refractivity contribution in [3.63, 3.8) is 0 Å². The molecule has 1 atom stereocenters. The Balaban J connectivity index is 1.80. The summed E-state index contributed by atoms with van der Waals surface area (Å²) in [5.41, 5.74) is 0.661. The van der Waals surface area contributed by atoms with Crippen molar-refractivity contribution < 1.29 is 9.53 Å². The largest absolute Gasteiger partial charge is 0.383 e. The van der Waals surface area contributed by atoms with Crippen LogP contribution in [0.3, 0.4) is 0 Å². The molecule has 0 aliphatic heterocycles. The number of aromatic nitrogens is 2. The second-order valence-electron chi connectivity index (χ2n) is 6.03. The second-order valence-corrected chi connectivity index (χ2v) is 6.97. The summed E-state index contributed by atoms with van der Waals surface area (Å²) in [4.78, 5) is 29.4. The third-order valence-corrected chi connectivity index (χ3v) is 4.80. The van der Waals surface area contributed by atoms with Crippen LogP contribution in [0.15, 0.2) is 34.2 Å². The number of nitrogens with zero attached hydrogens (tertiary/aromatic N) is 2. The fourth-order valence-corrected chi connectivity index (χ4v) is 3.50. The van der Waals surface area contributed by atoms with E-state index < -0.39 is 0 Å². The van der Waals surface area contributed by atoms with E-state index in [4.69, 9.17) is 4.74 Å². The minimum atomic E-state index is -0.0886. The zero-order chi connectivity index (χ0) is 17.1. The molecule has 6 nitrogen and oxygen atoms in total. The van der Waals surface area contributed by atoms with Crippen LogP contribution >= 0.6 is 11.8 Å². The maximum Gasteiger partial charge on any atom is 0.262 e. The van der Waals surface area contributed by atoms with Crippen LogP contribution in [0.4, 0.5) is 0 Å². The number of rotatable bonds is 7. The molecule has 1 saturated carbocycles. The molecule has 3 rings (SSSR count). The van der Waals surface area contributed by atoms with E-state index in [1.165, 1.54) is 11.8 Å². The van der Waals surface area contributed by atoms with Gasteiger partial charge in [-0.2, -0.15) is 0 Å². The number of nitrogens with one attached hydrogen (secondary N) is 1. The molecule has 24 heavy (non-hydrogen) atoms. The molecule has 0 radical (unpaired) electrons. The first kappa shape index (κ1) is 17.0. The Labute approximate surface area is 144 Å². The average Bonchev–Trinajstić information content (AvgIpc) is 3.38. The number of benzene rings is 1. The van der Waals surface area contributed by atoms with Crippen LogP contribution in [0.25, 0.3) is 10.9 Å². The number of amides is 1. The maximum atomic E-state index is 12.7. The van der Waals surface area contributed by atoms with E-state index in [0.29, 0.717) is 22.7 Å². The van der Waals surface area contributed by atoms with E-state index in [1.807, 2.05) is 25.1 Å². The van der Waals surface area contributed by atoms with E-state index in [1.54, 1.807) is 17.7 Å². The van der Waals surface area contributed by atoms with Gasteiger partial charge < -0.3 is 10.1 Å². The highest BCUT2D eigenvalue weighted by molar-refractivity contribution is 7.99. The van der Waals surface area contributed by atoms with Gasteiger partial charge in [-0.05, 0) is 31.9 Å². The van der Waals surface area contributed by atoms with Crippen molar-refractivity contribution in [2.75, 3.05) is 19.5 Å². The van der Waals surface area contributed by atoms with Crippen molar-refractivity contribution in [2.24, 2.45) is 0 Å². The zero-order valence-electron chi connectivity index (χ0n) is 13.8. The van der Waals surface area contributed by atoms with Crippen LogP contribution in [-0.4, -0.2) is 41.0 Å². The van der Waals surface area contributed by atoms with Crippen molar-refractivity contribution in [2.45, 2.75) is 37.0 Å². The van der Waals surface area contributed by atoms with Gasteiger partial charge in [0.2, 0.25) is 5.91 Å². The van der Waals surface area contributed by atoms with Crippen LogP contribution in [0.1, 0.15) is 25.8 Å². The summed E-state index contributed by atoms with van der Waals surface area (Å²) < 4.78 is 6.76. The van der Waals surface area contributed by atoms with Gasteiger partial charge in [0.1, 0.15) is 0 Å². The molecule has 1 fully saturated rings. The predicted molar refractivity (Wildman–Crippen MR) is 94.5 cm³/mol. The summed E-state index contributed by atoms with van der Waals surface area (Å²) in [6, 6.07) is 7.52. The lowest BCUT2D eigenvalue weighted by atomic mass is 10.2. The van der Waals surface area contributed by atoms with Crippen LogP contribution in [0.2, 0.25) is 0 Å². The van der Waals surface area contributed by atoms with Gasteiger partial charge >= 0.3 is 0 Å². The molecule has 1 heterocycles. The SMILES string of the molecule is COC[C@H](C)NC(=O)CSc1nc2ccccc2c(=O)n1C1CC1. The Morgan fingerprint density at radius 3 is 2.92 bits per heavy atom. The number of hydrogen-bond donors (Lipinski definition) is 1. The molecule has 1 aromatic heterocycles. The topological polar surface area (TPSA) is 73.2 Å². The third-order valence-electron chi connectivity index (χ3n) is 3.84. The summed E-state index contributed by atoms with van der Waals surface area (Å²) in [7, 11) is 1.60. The Kier molecular flexibility index (Phi) is 5.20. The van der Waals surface area contributed by atoms with Crippen molar-refractivity contribution in [3.05, 3.63) is 34.6 Å². The first-order valence-corrected chi connectivity index (χ1v) is 9.01. The number of hydrogen-bond acceptors (Lipinski definition) is 5. The van der Waals surface area contributed by atoms with Gasteiger partial charge in [0, 0.05) is 19.2 Å². The third kappa shape index (κ3) is 3.79. The number of fused-ring (bicyclic) bond motifs is 1. The number of carbonyl (C=O) groups is 1. The lowest BCUT2D eigenvalue weighted by Gasteiger charge is -2.14. The minimum absolute atomic E-state index is 0.0150. The van der Waals surface area contributed by atoms with Crippen molar-refractivity contribution in [3.8, 4) is 0 Å². The molecule has 0 spiro atoms. The molecule has 1 aliphatic carbocycles. The minimum Gasteiger partial charge on any atom is -0.383 e. The van der Waals surface area contributed by atoms with Crippen LogP contribution < -0.4 is 10.9 Å². The molecule has 0 saturated heterocycles. The number of para-hydroxylation sites is 1. The normalized spacial score (nSPS) is 15.4. The Morgan fingerprint density at radius 2 is 2.21 bits per heavy atom. The molecule has 7 heteroatoms. The molecule has 128 valence electrons. The van der Waals surface area contributed by atoms with Crippen LogP contribution in [0, 0.1) is 0 Å². The second kappa shape index (κ2) is 7.36. The molecule has 1 aliphatic rings. The van der Waals surface area contributed by atoms with Crippen molar-refractivity contribution in [1.29, 1.82) is 0 Å². The van der Waals surface area contributed by atoms with E-state index in [9.17, 15) is 9.59 Å². The summed E-state index contributed by atoms with van der Waals surface area (Å²) in [5, 5.41) is 4.12. The Hall–Kier alpha value is -1.86. The highest BCUT2D eigenvalue weighted by atomic mass is 32.2. The summed E-state index contributed by atoms with van der Waals surface area (Å²) in [6.07, 6.45) is 1.98. The molecule has 2 aromatic rings. The maximum absolute atomic E-state index is 12.7. The smallest absolute Gasteiger partial charge is 0.262 e. The lowest BCUT2D eigenvalue weighted by molar-refractivity contribution is -0.119. The lowest BCUT2D eigenvalue weighted by Crippen LogP contribution is -2.36. The van der Waals surface area contributed by atoms with Crippen molar-refractivity contribution in [1.82, 2.24) is 14.9 Å². The molecule has 1 amide bonds. The van der Waals surface area contributed by atoms with Gasteiger partial charge in [0.15, 0.2) is 5.16 Å². The summed E-state index contributed by atoms with van der Waals surface area (Å²) in [5.74, 6) is 0.139. The molecule has 0 bridgehead atoms. The van der Waals surface area contributed by atoms with E-state index in [2.05, 4.69) is 10.3 Å². The van der Waals surface area contributed by atoms with Crippen molar-refractivity contribution >= 4 is 28.6 Å².